The van der Waals surface area contributed by atoms with Gasteiger partial charge in [0.2, 0.25) is 0 Å². The maximum atomic E-state index is 10.9. The SMILES string of the molecule is C=C(C(=O)NCC(C)C)S(=O)(=O)O. The van der Waals surface area contributed by atoms with Crippen LogP contribution in [0.3, 0.4) is 0 Å². The fourth-order valence-electron chi connectivity index (χ4n) is 0.513. The van der Waals surface area contributed by atoms with Crippen molar-refractivity contribution >= 4 is 16.0 Å². The molecule has 6 heteroatoms. The quantitative estimate of drug-likeness (QED) is 0.508. The molecule has 0 radical (unpaired) electrons. The topological polar surface area (TPSA) is 83.5 Å². The van der Waals surface area contributed by atoms with Crippen molar-refractivity contribution in [1.82, 2.24) is 5.32 Å². The first-order valence-electron chi connectivity index (χ1n) is 3.69. The van der Waals surface area contributed by atoms with Crippen LogP contribution in [-0.2, 0) is 14.9 Å². The van der Waals surface area contributed by atoms with E-state index in [0.29, 0.717) is 6.54 Å². The fraction of sp³-hybridized carbons (Fsp3) is 0.571. The molecule has 0 saturated heterocycles. The van der Waals surface area contributed by atoms with E-state index in [9.17, 15) is 13.2 Å². The van der Waals surface area contributed by atoms with E-state index in [-0.39, 0.29) is 5.92 Å². The molecule has 1 amide bonds. The summed E-state index contributed by atoms with van der Waals surface area (Å²) in [4.78, 5) is 10.1. The second-order valence-corrected chi connectivity index (χ2v) is 4.45. The van der Waals surface area contributed by atoms with Crippen molar-refractivity contribution < 1.29 is 17.8 Å². The van der Waals surface area contributed by atoms with Crippen LogP contribution in [-0.4, -0.2) is 25.4 Å². The van der Waals surface area contributed by atoms with E-state index >= 15 is 0 Å². The zero-order chi connectivity index (χ0) is 10.6. The molecule has 0 atom stereocenters. The molecule has 0 bridgehead atoms. The molecule has 0 aliphatic rings. The maximum Gasteiger partial charge on any atom is 0.299 e. The second-order valence-electron chi connectivity index (χ2n) is 3.00. The molecule has 0 fully saturated rings. The van der Waals surface area contributed by atoms with Gasteiger partial charge in [-0.25, -0.2) is 0 Å². The highest BCUT2D eigenvalue weighted by Crippen LogP contribution is 2.00. The fourth-order valence-corrected chi connectivity index (χ4v) is 0.819. The van der Waals surface area contributed by atoms with E-state index in [4.69, 9.17) is 4.55 Å². The normalized spacial score (nSPS) is 11.4. The van der Waals surface area contributed by atoms with Crippen molar-refractivity contribution in [2.75, 3.05) is 6.54 Å². The first-order chi connectivity index (χ1) is 5.75. The van der Waals surface area contributed by atoms with E-state index < -0.39 is 20.9 Å². The summed E-state index contributed by atoms with van der Waals surface area (Å²) in [6.07, 6.45) is 0. The van der Waals surface area contributed by atoms with Crippen LogP contribution in [0.2, 0.25) is 0 Å². The average molecular weight is 207 g/mol. The lowest BCUT2D eigenvalue weighted by molar-refractivity contribution is -0.117. The van der Waals surface area contributed by atoms with Crippen LogP contribution < -0.4 is 5.32 Å². The summed E-state index contributed by atoms with van der Waals surface area (Å²) in [5.74, 6) is -0.658. The number of hydrogen-bond acceptors (Lipinski definition) is 3. The highest BCUT2D eigenvalue weighted by atomic mass is 32.2. The van der Waals surface area contributed by atoms with Crippen molar-refractivity contribution in [2.45, 2.75) is 13.8 Å². The first-order valence-corrected chi connectivity index (χ1v) is 5.13. The summed E-state index contributed by atoms with van der Waals surface area (Å²) in [6, 6.07) is 0. The number of hydrogen-bond donors (Lipinski definition) is 2. The molecule has 5 nitrogen and oxygen atoms in total. The largest absolute Gasteiger partial charge is 0.351 e. The molecule has 2 N–H and O–H groups in total. The van der Waals surface area contributed by atoms with Gasteiger partial charge in [0.25, 0.3) is 16.0 Å². The number of amides is 1. The Hall–Kier alpha value is -0.880. The van der Waals surface area contributed by atoms with Crippen LogP contribution in [0.15, 0.2) is 11.5 Å². The Bertz CT molecular complexity index is 304. The van der Waals surface area contributed by atoms with Crippen molar-refractivity contribution in [3.8, 4) is 0 Å². The Morgan fingerprint density at radius 1 is 1.54 bits per heavy atom. The third-order valence-corrected chi connectivity index (χ3v) is 2.04. The predicted octanol–water partition coefficient (Wildman–Crippen LogP) is 0.160. The monoisotopic (exact) mass is 207 g/mol. The van der Waals surface area contributed by atoms with Gasteiger partial charge in [0, 0.05) is 6.54 Å². The van der Waals surface area contributed by atoms with Crippen LogP contribution in [0.1, 0.15) is 13.8 Å². The minimum Gasteiger partial charge on any atom is -0.351 e. The second kappa shape index (κ2) is 4.38. The van der Waals surface area contributed by atoms with Gasteiger partial charge in [-0.3, -0.25) is 9.35 Å². The summed E-state index contributed by atoms with van der Waals surface area (Å²) in [5.41, 5.74) is 0. The van der Waals surface area contributed by atoms with Crippen LogP contribution in [0.4, 0.5) is 0 Å². The standard InChI is InChI=1S/C7H13NO4S/c1-5(2)4-8-7(9)6(3)13(10,11)12/h5H,3-4H2,1-2H3,(H,8,9)(H,10,11,12). The lowest BCUT2D eigenvalue weighted by atomic mass is 10.2. The van der Waals surface area contributed by atoms with E-state index in [1.165, 1.54) is 0 Å². The predicted molar refractivity (Wildman–Crippen MR) is 48.5 cm³/mol. The Labute approximate surface area is 77.6 Å². The third-order valence-electron chi connectivity index (χ3n) is 1.24. The van der Waals surface area contributed by atoms with Gasteiger partial charge < -0.3 is 5.32 Å². The molecule has 0 spiro atoms. The minimum absolute atomic E-state index is 0.207. The Balaban J connectivity index is 4.23. The van der Waals surface area contributed by atoms with Crippen molar-refractivity contribution in [2.24, 2.45) is 5.92 Å². The van der Waals surface area contributed by atoms with Gasteiger partial charge in [-0.15, -0.1) is 0 Å². The molecule has 0 unspecified atom stereocenters. The van der Waals surface area contributed by atoms with Crippen LogP contribution in [0.25, 0.3) is 0 Å². The summed E-state index contributed by atoms with van der Waals surface area (Å²) < 4.78 is 29.3. The smallest absolute Gasteiger partial charge is 0.299 e. The number of carbonyl (C=O) groups excluding carboxylic acids is 1. The zero-order valence-corrected chi connectivity index (χ0v) is 8.39. The van der Waals surface area contributed by atoms with Gasteiger partial charge in [0.15, 0.2) is 4.91 Å². The lowest BCUT2D eigenvalue weighted by Crippen LogP contribution is -2.30. The third kappa shape index (κ3) is 4.64. The van der Waals surface area contributed by atoms with E-state index in [0.717, 1.165) is 0 Å². The Morgan fingerprint density at radius 2 is 2.00 bits per heavy atom. The molecular formula is C7H13NO4S. The highest BCUT2D eigenvalue weighted by Gasteiger charge is 2.19. The van der Waals surface area contributed by atoms with Crippen LogP contribution in [0.5, 0.6) is 0 Å². The molecule has 0 rings (SSSR count). The number of rotatable bonds is 4. The maximum absolute atomic E-state index is 10.9. The number of carbonyl (C=O) groups is 1. The summed E-state index contributed by atoms with van der Waals surface area (Å²) >= 11 is 0. The first kappa shape index (κ1) is 12.1. The lowest BCUT2D eigenvalue weighted by Gasteiger charge is -2.07. The summed E-state index contributed by atoms with van der Waals surface area (Å²) in [5, 5.41) is 2.31. The molecule has 0 aromatic carbocycles. The van der Waals surface area contributed by atoms with Gasteiger partial charge in [0.05, 0.1) is 0 Å². The van der Waals surface area contributed by atoms with E-state index in [1.54, 1.807) is 0 Å². The van der Waals surface area contributed by atoms with Gasteiger partial charge in [-0.1, -0.05) is 20.4 Å². The van der Waals surface area contributed by atoms with Crippen molar-refractivity contribution in [3.63, 3.8) is 0 Å². The average Bonchev–Trinajstić information content (AvgIpc) is 1.96. The molecule has 13 heavy (non-hydrogen) atoms. The van der Waals surface area contributed by atoms with Crippen LogP contribution >= 0.6 is 0 Å². The van der Waals surface area contributed by atoms with E-state index in [1.807, 2.05) is 13.8 Å². The van der Waals surface area contributed by atoms with Crippen molar-refractivity contribution in [1.29, 1.82) is 0 Å². The molecule has 0 saturated carbocycles. The highest BCUT2D eigenvalue weighted by molar-refractivity contribution is 7.90. The molecule has 0 aliphatic carbocycles. The molecule has 0 aromatic rings. The van der Waals surface area contributed by atoms with Gasteiger partial charge in [-0.2, -0.15) is 8.42 Å². The molecule has 0 aliphatic heterocycles. The minimum atomic E-state index is -4.46. The molecular weight excluding hydrogens is 194 g/mol. The molecule has 76 valence electrons. The summed E-state index contributed by atoms with van der Waals surface area (Å²) in [6.45, 7) is 7.01. The van der Waals surface area contributed by atoms with E-state index in [2.05, 4.69) is 11.9 Å². The summed E-state index contributed by atoms with van der Waals surface area (Å²) in [7, 11) is -4.46. The van der Waals surface area contributed by atoms with Gasteiger partial charge >= 0.3 is 0 Å². The zero-order valence-electron chi connectivity index (χ0n) is 7.57. The Kier molecular flexibility index (Phi) is 4.09. The van der Waals surface area contributed by atoms with Crippen molar-refractivity contribution in [3.05, 3.63) is 11.5 Å². The van der Waals surface area contributed by atoms with Gasteiger partial charge in [-0.05, 0) is 5.92 Å². The molecule has 0 heterocycles. The van der Waals surface area contributed by atoms with Crippen LogP contribution in [0, 0.1) is 5.92 Å². The number of nitrogens with one attached hydrogen (secondary N) is 1. The molecule has 0 aromatic heterocycles. The van der Waals surface area contributed by atoms with Gasteiger partial charge in [0.1, 0.15) is 0 Å². The Morgan fingerprint density at radius 3 is 2.31 bits per heavy atom.